The van der Waals surface area contributed by atoms with E-state index in [1.165, 1.54) is 0 Å². The van der Waals surface area contributed by atoms with Gasteiger partial charge in [-0.1, -0.05) is 28.7 Å². The topological polar surface area (TPSA) is 58.2 Å². The normalized spacial score (nSPS) is 7.33. The summed E-state index contributed by atoms with van der Waals surface area (Å²) < 4.78 is 0. The molecule has 0 aromatic carbocycles. The van der Waals surface area contributed by atoms with E-state index in [1.54, 1.807) is 27.7 Å². The van der Waals surface area contributed by atoms with Crippen molar-refractivity contribution >= 4 is 11.8 Å². The minimum absolute atomic E-state index is 0. The van der Waals surface area contributed by atoms with Gasteiger partial charge >= 0.3 is 11.8 Å². The van der Waals surface area contributed by atoms with Crippen molar-refractivity contribution in [2.24, 2.45) is 5.92 Å². The van der Waals surface area contributed by atoms with E-state index in [9.17, 15) is 9.59 Å². The molecule has 4 nitrogen and oxygen atoms in total. The van der Waals surface area contributed by atoms with E-state index < -0.39 is 11.8 Å². The summed E-state index contributed by atoms with van der Waals surface area (Å²) in [7, 11) is 0. The third-order valence-electron chi connectivity index (χ3n) is 1.05. The van der Waals surface area contributed by atoms with Crippen LogP contribution in [-0.4, -0.2) is 23.9 Å². The zero-order chi connectivity index (χ0) is 16.0. The van der Waals surface area contributed by atoms with E-state index in [1.807, 2.05) is 20.3 Å². The van der Waals surface area contributed by atoms with Crippen molar-refractivity contribution in [3.05, 3.63) is 20.8 Å². The van der Waals surface area contributed by atoms with Crippen LogP contribution in [0.5, 0.6) is 0 Å². The second-order valence-corrected chi connectivity index (χ2v) is 5.23. The third kappa shape index (κ3) is 66.2. The van der Waals surface area contributed by atoms with Crippen LogP contribution in [0.3, 0.4) is 0 Å². The van der Waals surface area contributed by atoms with E-state index in [-0.39, 0.29) is 88.1 Å². The number of carbonyl (C=O) groups excluding carboxylic acids is 2. The Bertz CT molecular complexity index is 214. The number of rotatable bonds is 2. The van der Waals surface area contributed by atoms with Crippen molar-refractivity contribution < 1.29 is 63.4 Å². The van der Waals surface area contributed by atoms with Crippen LogP contribution in [0, 0.1) is 26.7 Å². The standard InChI is InChI=1S/C8H16N2O2.C4H9.C3H7.2CH4.CH3.W.Y/c1-5(2)9-7(11)8(12)10-6(3)4;1-4(2)3;1-3-2;;;;;/h5-6H,1-4H3,(H,9,11)(H,10,12);4H,1H2,2-3H3;3H,1-2H3;2*1H4;1H3;;/q;2*-1;;;-1;;. The predicted octanol–water partition coefficient (Wildman–Crippen LogP) is 4.46. The molecule has 0 aliphatic heterocycles. The summed E-state index contributed by atoms with van der Waals surface area (Å²) in [4.78, 5) is 21.9. The van der Waals surface area contributed by atoms with Gasteiger partial charge in [0.05, 0.1) is 0 Å². The van der Waals surface area contributed by atoms with Crippen molar-refractivity contribution in [2.45, 2.75) is 82.3 Å². The fourth-order valence-electron chi connectivity index (χ4n) is 0.655. The molecule has 1 radical (unpaired) electrons. The third-order valence-corrected chi connectivity index (χ3v) is 1.05. The number of carbonyl (C=O) groups is 2. The van der Waals surface area contributed by atoms with Crippen LogP contribution in [0.2, 0.25) is 0 Å². The smallest absolute Gasteiger partial charge is 0.309 e. The van der Waals surface area contributed by atoms with Gasteiger partial charge in [0.25, 0.3) is 0 Å². The summed E-state index contributed by atoms with van der Waals surface area (Å²) in [6.45, 7) is 19.0. The molecule has 0 aromatic rings. The first kappa shape index (κ1) is 49.8. The maximum absolute atomic E-state index is 11.0. The van der Waals surface area contributed by atoms with Crippen LogP contribution < -0.4 is 10.6 Å². The maximum Gasteiger partial charge on any atom is 0.309 e. The molecular formula is C18H43N2O2WY-3. The van der Waals surface area contributed by atoms with E-state index in [0.717, 1.165) is 0 Å². The molecule has 0 heterocycles. The molecule has 0 atom stereocenters. The van der Waals surface area contributed by atoms with Crippen molar-refractivity contribution in [2.75, 3.05) is 0 Å². The number of hydrogen-bond donors (Lipinski definition) is 2. The molecule has 0 rings (SSSR count). The molecule has 0 aromatic heterocycles. The number of hydrogen-bond acceptors (Lipinski definition) is 2. The average molecular weight is 592 g/mol. The van der Waals surface area contributed by atoms with E-state index >= 15 is 0 Å². The van der Waals surface area contributed by atoms with E-state index in [0.29, 0.717) is 5.92 Å². The van der Waals surface area contributed by atoms with Crippen LogP contribution in [0.4, 0.5) is 0 Å². The quantitative estimate of drug-likeness (QED) is 0.368. The molecule has 2 N–H and O–H groups in total. The van der Waals surface area contributed by atoms with Gasteiger partial charge in [0.15, 0.2) is 0 Å². The predicted molar refractivity (Wildman–Crippen MR) is 102 cm³/mol. The zero-order valence-electron chi connectivity index (χ0n) is 15.8. The fourth-order valence-corrected chi connectivity index (χ4v) is 0.655. The zero-order valence-corrected chi connectivity index (χ0v) is 21.6. The van der Waals surface area contributed by atoms with Crippen molar-refractivity contribution in [3.8, 4) is 0 Å². The molecule has 0 spiro atoms. The number of amides is 2. The van der Waals surface area contributed by atoms with Gasteiger partial charge in [-0.25, -0.2) is 0 Å². The Labute approximate surface area is 193 Å². The summed E-state index contributed by atoms with van der Waals surface area (Å²) in [6.07, 6.45) is 2.00. The second kappa shape index (κ2) is 34.9. The Kier molecular flexibility index (Phi) is 72.5. The Balaban J connectivity index is -0.0000000310. The molecular weight excluding hydrogens is 549 g/mol. The second-order valence-electron chi connectivity index (χ2n) is 5.23. The first-order valence-electron chi connectivity index (χ1n) is 6.76. The Morgan fingerprint density at radius 2 is 0.958 bits per heavy atom. The van der Waals surface area contributed by atoms with Gasteiger partial charge < -0.3 is 31.4 Å². The van der Waals surface area contributed by atoms with Crippen LogP contribution in [0.1, 0.15) is 70.2 Å². The average Bonchev–Trinajstić information content (AvgIpc) is 2.15. The van der Waals surface area contributed by atoms with Gasteiger partial charge in [0.2, 0.25) is 0 Å². The molecule has 0 aliphatic carbocycles. The summed E-state index contributed by atoms with van der Waals surface area (Å²) in [5.41, 5.74) is 0. The first-order chi connectivity index (χ1) is 8.58. The Morgan fingerprint density at radius 3 is 1.04 bits per heavy atom. The van der Waals surface area contributed by atoms with E-state index in [4.69, 9.17) is 0 Å². The summed E-state index contributed by atoms with van der Waals surface area (Å²) in [5.74, 6) is -0.558. The molecule has 6 heteroatoms. The largest absolute Gasteiger partial charge is 0.358 e. The summed E-state index contributed by atoms with van der Waals surface area (Å²) in [5, 5.41) is 4.99. The molecule has 149 valence electrons. The van der Waals surface area contributed by atoms with Gasteiger partial charge in [-0.05, 0) is 27.7 Å². The molecule has 2 amide bonds. The van der Waals surface area contributed by atoms with Crippen LogP contribution in [-0.2, 0) is 63.4 Å². The molecule has 0 fully saturated rings. The maximum atomic E-state index is 11.0. The van der Waals surface area contributed by atoms with Crippen molar-refractivity contribution in [1.29, 1.82) is 0 Å². The molecule has 0 aliphatic rings. The van der Waals surface area contributed by atoms with E-state index in [2.05, 4.69) is 31.4 Å². The first-order valence-corrected chi connectivity index (χ1v) is 6.76. The van der Waals surface area contributed by atoms with Crippen LogP contribution >= 0.6 is 0 Å². The van der Waals surface area contributed by atoms with Gasteiger partial charge in [-0.3, -0.25) is 9.59 Å². The van der Waals surface area contributed by atoms with Gasteiger partial charge in [-0.15, -0.1) is 0 Å². The van der Waals surface area contributed by atoms with Crippen molar-refractivity contribution in [1.82, 2.24) is 10.6 Å². The number of nitrogens with one attached hydrogen (secondary N) is 2. The van der Waals surface area contributed by atoms with Gasteiger partial charge in [0.1, 0.15) is 0 Å². The molecule has 0 unspecified atom stereocenters. The van der Waals surface area contributed by atoms with Crippen LogP contribution in [0.25, 0.3) is 0 Å². The minimum atomic E-state index is -0.571. The fraction of sp³-hybridized carbons (Fsp3) is 0.722. The molecule has 0 saturated heterocycles. The summed E-state index contributed by atoms with van der Waals surface area (Å²) in [6, 6.07) is -0.00850. The van der Waals surface area contributed by atoms with Crippen molar-refractivity contribution in [3.63, 3.8) is 0 Å². The monoisotopic (exact) mass is 592 g/mol. The molecule has 0 saturated carbocycles. The van der Waals surface area contributed by atoms with Gasteiger partial charge in [-0.2, -0.15) is 19.8 Å². The SMILES string of the molecule is C.C.CC(C)NC(=O)C(=O)NC(C)C.C[CH-]C.[CH2-]C(C)C.[CH3-].[W].[Y]. The Hall–Kier alpha value is 0.732. The molecule has 0 bridgehead atoms. The van der Waals surface area contributed by atoms with Gasteiger partial charge in [0, 0.05) is 65.9 Å². The summed E-state index contributed by atoms with van der Waals surface area (Å²) >= 11 is 0. The minimum Gasteiger partial charge on any atom is -0.358 e. The van der Waals surface area contributed by atoms with Crippen LogP contribution in [0.15, 0.2) is 0 Å². The molecule has 24 heavy (non-hydrogen) atoms. The Morgan fingerprint density at radius 1 is 0.833 bits per heavy atom.